The highest BCUT2D eigenvalue weighted by atomic mass is 31.2. The molecule has 0 saturated heterocycles. The van der Waals surface area contributed by atoms with E-state index < -0.39 is 41.0 Å². The first-order valence-corrected chi connectivity index (χ1v) is 28.2. The molecule has 0 radical (unpaired) electrons. The first-order chi connectivity index (χ1) is 14.5. The zero-order chi connectivity index (χ0) is 25.1. The van der Waals surface area contributed by atoms with Gasteiger partial charge in [0.25, 0.3) is 0 Å². The predicted octanol–water partition coefficient (Wildman–Crippen LogP) is 9.11. The van der Waals surface area contributed by atoms with Crippen LogP contribution in [0.15, 0.2) is 0 Å². The summed E-state index contributed by atoms with van der Waals surface area (Å²) in [7, 11) is -8.95. The van der Waals surface area contributed by atoms with Crippen LogP contribution in [0.3, 0.4) is 0 Å². The molecule has 9 heteroatoms. The van der Waals surface area contributed by atoms with Gasteiger partial charge in [-0.1, -0.05) is 40.0 Å². The van der Waals surface area contributed by atoms with Crippen LogP contribution in [0.5, 0.6) is 0 Å². The summed E-state index contributed by atoms with van der Waals surface area (Å²) in [6.07, 6.45) is 15.4. The Labute approximate surface area is 213 Å². The van der Waals surface area contributed by atoms with E-state index in [-0.39, 0.29) is 5.48 Å². The van der Waals surface area contributed by atoms with Gasteiger partial charge in [-0.05, 0) is 84.6 Å². The molecule has 0 aliphatic heterocycles. The Kier molecular flexibility index (Phi) is 17.7. The first-order valence-electron chi connectivity index (χ1n) is 13.5. The van der Waals surface area contributed by atoms with Gasteiger partial charge in [0.2, 0.25) is 0 Å². The smallest absolute Gasteiger partial charge is 0.469 e. The molecule has 0 aromatic carbocycles. The molecule has 0 rings (SSSR count). The van der Waals surface area contributed by atoms with E-state index in [9.17, 15) is 0 Å². The summed E-state index contributed by atoms with van der Waals surface area (Å²) in [6.45, 7) is 27.8. The van der Waals surface area contributed by atoms with Gasteiger partial charge in [0.1, 0.15) is 0 Å². The summed E-state index contributed by atoms with van der Waals surface area (Å²) < 4.78 is 20.9. The molecule has 0 amide bonds. The maximum atomic E-state index is 6.95. The lowest BCUT2D eigenvalue weighted by Gasteiger charge is -2.43. The Morgan fingerprint density at radius 1 is 0.485 bits per heavy atom. The fourth-order valence-corrected chi connectivity index (χ4v) is 24.5. The second kappa shape index (κ2) is 16.1. The Morgan fingerprint density at radius 3 is 1.00 bits per heavy atom. The summed E-state index contributed by atoms with van der Waals surface area (Å²) in [5, 5.41) is 0. The fraction of sp³-hybridized carbons (Fsp3) is 1.00. The van der Waals surface area contributed by atoms with Crippen molar-refractivity contribution in [1.82, 2.24) is 0 Å². The molecule has 0 unspecified atom stereocenters. The average molecular weight is 557 g/mol. The average Bonchev–Trinajstić information content (AvgIpc) is 2.58. The molecule has 202 valence electrons. The van der Waals surface area contributed by atoms with Crippen LogP contribution in [-0.2, 0) is 12.3 Å². The first kappa shape index (κ1) is 36.3. The van der Waals surface area contributed by atoms with Gasteiger partial charge in [0.15, 0.2) is 25.0 Å². The molecule has 0 aliphatic rings. The van der Waals surface area contributed by atoms with E-state index in [0.29, 0.717) is 0 Å². The van der Waals surface area contributed by atoms with Gasteiger partial charge in [-0.15, -0.1) is 0 Å². The minimum absolute atomic E-state index is 0. The number of hydrogen-bond donors (Lipinski definition) is 0. The molecule has 0 saturated carbocycles. The van der Waals surface area contributed by atoms with Crippen molar-refractivity contribution in [3.05, 3.63) is 0 Å². The third-order valence-corrected chi connectivity index (χ3v) is 22.6. The topological polar surface area (TPSA) is 57.7 Å². The van der Waals surface area contributed by atoms with Crippen LogP contribution in [0.4, 0.5) is 0 Å². The quantitative estimate of drug-likeness (QED) is 0.118. The van der Waals surface area contributed by atoms with Gasteiger partial charge in [-0.2, -0.15) is 0 Å². The summed E-state index contributed by atoms with van der Waals surface area (Å²) in [4.78, 5) is 0. The van der Waals surface area contributed by atoms with Crippen molar-refractivity contribution in [2.24, 2.45) is 0 Å². The molecule has 0 aromatic heterocycles. The lowest BCUT2D eigenvalue weighted by molar-refractivity contribution is 0.251. The minimum Gasteiger partial charge on any atom is -0.870 e. The van der Waals surface area contributed by atoms with Gasteiger partial charge in [0.05, 0.1) is 24.6 Å². The maximum Gasteiger partial charge on any atom is 0.469 e. The molecule has 33 heavy (non-hydrogen) atoms. The zero-order valence-corrected chi connectivity index (χ0v) is 29.5. The Morgan fingerprint density at radius 2 is 0.758 bits per heavy atom. The molecule has 0 bridgehead atoms. The molecule has 0 fully saturated rings. The van der Waals surface area contributed by atoms with Crippen LogP contribution in [0.2, 0.25) is 65.0 Å². The van der Waals surface area contributed by atoms with E-state index in [0.717, 1.165) is 6.04 Å². The lowest BCUT2D eigenvalue weighted by Crippen LogP contribution is -2.60. The molecule has 1 N–H and O–H groups in total. The second-order valence-corrected chi connectivity index (χ2v) is 34.2. The highest BCUT2D eigenvalue weighted by molar-refractivity contribution is 7.75. The van der Waals surface area contributed by atoms with Gasteiger partial charge < -0.3 is 17.8 Å². The fourth-order valence-electron chi connectivity index (χ4n) is 4.40. The highest BCUT2D eigenvalue weighted by Gasteiger charge is 2.50. The third kappa shape index (κ3) is 18.1. The minimum atomic E-state index is -2.69. The van der Waals surface area contributed by atoms with Crippen LogP contribution in [0.1, 0.15) is 65.7 Å². The van der Waals surface area contributed by atoms with E-state index in [4.69, 9.17) is 12.3 Å². The Bertz CT molecular complexity index is 440. The lowest BCUT2D eigenvalue weighted by atomic mass is 10.4. The maximum absolute atomic E-state index is 6.95. The Balaban J connectivity index is 0. The number of rotatable bonds is 19. The SMILES string of the molecule is CCCC[P+](CCCC)(CCCC)CCC[Si](O[Si](C)(C)C)(O[Si](C)(C)C)O[Si](C)(C)C.[OH-]. The van der Waals surface area contributed by atoms with Crippen molar-refractivity contribution >= 4 is 41.0 Å². The van der Waals surface area contributed by atoms with Crippen LogP contribution >= 0.6 is 7.26 Å². The van der Waals surface area contributed by atoms with Gasteiger partial charge >= 0.3 is 8.80 Å². The van der Waals surface area contributed by atoms with Crippen molar-refractivity contribution in [2.45, 2.75) is 131 Å². The molecular weight excluding hydrogens is 496 g/mol. The number of unbranched alkanes of at least 4 members (excludes halogenated alkanes) is 3. The molecule has 0 atom stereocenters. The van der Waals surface area contributed by atoms with E-state index in [2.05, 4.69) is 79.7 Å². The summed E-state index contributed by atoms with van der Waals surface area (Å²) in [6, 6.07) is 1.03. The van der Waals surface area contributed by atoms with E-state index in [1.807, 2.05) is 0 Å². The van der Waals surface area contributed by atoms with Gasteiger partial charge in [-0.25, -0.2) is 0 Å². The van der Waals surface area contributed by atoms with Gasteiger partial charge in [0, 0.05) is 13.3 Å². The normalized spacial score (nSPS) is 13.8. The third-order valence-electron chi connectivity index (χ3n) is 5.46. The van der Waals surface area contributed by atoms with E-state index in [1.54, 1.807) is 0 Å². The predicted molar refractivity (Wildman–Crippen MR) is 162 cm³/mol. The van der Waals surface area contributed by atoms with Crippen LogP contribution in [0, 0.1) is 0 Å². The van der Waals surface area contributed by atoms with Crippen LogP contribution in [0.25, 0.3) is 0 Å². The summed E-state index contributed by atoms with van der Waals surface area (Å²) in [5.41, 5.74) is 0. The van der Waals surface area contributed by atoms with Crippen molar-refractivity contribution in [1.29, 1.82) is 0 Å². The van der Waals surface area contributed by atoms with Gasteiger partial charge in [-0.3, -0.25) is 0 Å². The van der Waals surface area contributed by atoms with Crippen LogP contribution < -0.4 is 0 Å². The van der Waals surface area contributed by atoms with Crippen molar-refractivity contribution in [3.63, 3.8) is 0 Å². The largest absolute Gasteiger partial charge is 0.870 e. The van der Waals surface area contributed by atoms with Crippen molar-refractivity contribution in [3.8, 4) is 0 Å². The van der Waals surface area contributed by atoms with E-state index in [1.165, 1.54) is 69.6 Å². The van der Waals surface area contributed by atoms with E-state index >= 15 is 0 Å². The monoisotopic (exact) mass is 556 g/mol. The summed E-state index contributed by atoms with van der Waals surface area (Å²) >= 11 is 0. The second-order valence-electron chi connectivity index (χ2n) is 12.7. The summed E-state index contributed by atoms with van der Waals surface area (Å²) in [5.74, 6) is 0. The molecule has 0 heterocycles. The molecule has 0 aromatic rings. The molecule has 0 aliphatic carbocycles. The van der Waals surface area contributed by atoms with Crippen molar-refractivity contribution in [2.75, 3.05) is 24.6 Å². The molecule has 4 nitrogen and oxygen atoms in total. The number of hydrogen-bond acceptors (Lipinski definition) is 4. The zero-order valence-electron chi connectivity index (χ0n) is 24.6. The van der Waals surface area contributed by atoms with Crippen LogP contribution in [-0.4, -0.2) is 63.9 Å². The highest BCUT2D eigenvalue weighted by Crippen LogP contribution is 2.61. The standard InChI is InChI=1S/C24H60O3PSi4.H2O/c1-13-16-20-28(21-17-14-2,22-18-15-3)23-19-24-32(25-29(4,5)6,26-30(7,8)9)27-31(10,11)12;/h13-24H2,1-12H3;1H2/q+1;/p-1. The van der Waals surface area contributed by atoms with Crippen molar-refractivity contribution < 1.29 is 17.8 Å². The Hall–Kier alpha value is 1.14. The molecular formula is C24H61O4PSi4. The molecule has 0 spiro atoms.